The fraction of sp³-hybridized carbons (Fsp3) is 0.529. The third kappa shape index (κ3) is 3.73. The Morgan fingerprint density at radius 1 is 1.35 bits per heavy atom. The van der Waals surface area contributed by atoms with E-state index >= 15 is 0 Å². The van der Waals surface area contributed by atoms with Crippen LogP contribution < -0.4 is 9.64 Å². The first-order valence-corrected chi connectivity index (χ1v) is 11.2. The van der Waals surface area contributed by atoms with Gasteiger partial charge in [0.25, 0.3) is 5.91 Å². The van der Waals surface area contributed by atoms with Crippen LogP contribution in [0.4, 0.5) is 5.69 Å². The van der Waals surface area contributed by atoms with E-state index in [0.717, 1.165) is 0 Å². The van der Waals surface area contributed by atoms with Crippen molar-refractivity contribution < 1.29 is 17.9 Å². The Bertz CT molecular complexity index is 877. The lowest BCUT2D eigenvalue weighted by molar-refractivity contribution is -0.124. The quantitative estimate of drug-likeness (QED) is 0.737. The van der Waals surface area contributed by atoms with Crippen molar-refractivity contribution in [3.8, 4) is 5.75 Å². The summed E-state index contributed by atoms with van der Waals surface area (Å²) in [6, 6.07) is 4.98. The largest absolute Gasteiger partial charge is 0.495 e. The third-order valence-corrected chi connectivity index (χ3v) is 7.82. The standard InChI is InChI=1S/C17H21ClN2O4S2/c1-17(2,3)15(21)19-16-20(10-5-6-13(24-4)11(18)7-10)12-8-26(22,23)9-14(12)25-16/h5-7,12,14H,8-9H2,1-4H3. The zero-order chi connectivity index (χ0) is 19.3. The molecule has 2 aliphatic heterocycles. The number of aliphatic imine (C=N–C) groups is 1. The zero-order valence-corrected chi connectivity index (χ0v) is 17.4. The highest BCUT2D eigenvalue weighted by Crippen LogP contribution is 2.42. The first-order chi connectivity index (χ1) is 12.0. The molecule has 2 aliphatic rings. The Hall–Kier alpha value is -1.25. The number of fused-ring (bicyclic) bond motifs is 1. The summed E-state index contributed by atoms with van der Waals surface area (Å²) in [5.74, 6) is 0.414. The molecule has 0 saturated carbocycles. The predicted molar refractivity (Wildman–Crippen MR) is 106 cm³/mol. The third-order valence-electron chi connectivity index (χ3n) is 4.32. The molecule has 2 saturated heterocycles. The van der Waals surface area contributed by atoms with Crippen molar-refractivity contribution in [3.05, 3.63) is 23.2 Å². The smallest absolute Gasteiger partial charge is 0.253 e. The molecule has 0 radical (unpaired) electrons. The summed E-state index contributed by atoms with van der Waals surface area (Å²) < 4.78 is 29.3. The van der Waals surface area contributed by atoms with Crippen LogP contribution in [0, 0.1) is 5.41 Å². The first-order valence-electron chi connectivity index (χ1n) is 8.15. The van der Waals surface area contributed by atoms with Crippen molar-refractivity contribution in [1.82, 2.24) is 0 Å². The van der Waals surface area contributed by atoms with Gasteiger partial charge in [-0.2, -0.15) is 4.99 Å². The second kappa shape index (κ2) is 6.73. The summed E-state index contributed by atoms with van der Waals surface area (Å²) >= 11 is 7.60. The number of methoxy groups -OCH3 is 1. The van der Waals surface area contributed by atoms with Gasteiger partial charge in [-0.05, 0) is 18.2 Å². The van der Waals surface area contributed by atoms with Gasteiger partial charge in [-0.1, -0.05) is 44.1 Å². The number of carbonyl (C=O) groups is 1. The van der Waals surface area contributed by atoms with Gasteiger partial charge in [0.05, 0.1) is 29.7 Å². The van der Waals surface area contributed by atoms with Gasteiger partial charge < -0.3 is 9.64 Å². The number of hydrogen-bond donors (Lipinski definition) is 0. The average molecular weight is 417 g/mol. The molecule has 0 spiro atoms. The molecule has 0 N–H and O–H groups in total. The number of anilines is 1. The second-order valence-corrected chi connectivity index (χ2v) is 11.2. The molecule has 0 aliphatic carbocycles. The van der Waals surface area contributed by atoms with E-state index in [1.165, 1.54) is 18.9 Å². The molecule has 1 aromatic carbocycles. The van der Waals surface area contributed by atoms with Crippen LogP contribution in [0.2, 0.25) is 5.02 Å². The fourth-order valence-electron chi connectivity index (χ4n) is 2.93. The summed E-state index contributed by atoms with van der Waals surface area (Å²) in [6.07, 6.45) is 0. The van der Waals surface area contributed by atoms with E-state index in [-0.39, 0.29) is 28.7 Å². The zero-order valence-electron chi connectivity index (χ0n) is 15.0. The predicted octanol–water partition coefficient (Wildman–Crippen LogP) is 3.00. The van der Waals surface area contributed by atoms with Crippen LogP contribution in [0.3, 0.4) is 0 Å². The second-order valence-electron chi connectivity index (χ2n) is 7.44. The minimum atomic E-state index is -3.11. The topological polar surface area (TPSA) is 76.0 Å². The van der Waals surface area contributed by atoms with Crippen molar-refractivity contribution in [3.63, 3.8) is 0 Å². The van der Waals surface area contributed by atoms with Crippen LogP contribution in [-0.2, 0) is 14.6 Å². The Morgan fingerprint density at radius 2 is 2.04 bits per heavy atom. The molecular formula is C17H21ClN2O4S2. The van der Waals surface area contributed by atoms with E-state index < -0.39 is 15.3 Å². The van der Waals surface area contributed by atoms with Crippen LogP contribution in [0.1, 0.15) is 20.8 Å². The number of benzene rings is 1. The van der Waals surface area contributed by atoms with Crippen molar-refractivity contribution >= 4 is 50.0 Å². The minimum absolute atomic E-state index is 0.0387. The number of halogens is 1. The lowest BCUT2D eigenvalue weighted by atomic mass is 9.96. The van der Waals surface area contributed by atoms with E-state index in [2.05, 4.69) is 4.99 Å². The lowest BCUT2D eigenvalue weighted by Crippen LogP contribution is -2.38. The van der Waals surface area contributed by atoms with E-state index in [1.54, 1.807) is 39.0 Å². The van der Waals surface area contributed by atoms with Crippen LogP contribution in [0.15, 0.2) is 23.2 Å². The number of amides is 1. The van der Waals surface area contributed by atoms with E-state index in [9.17, 15) is 13.2 Å². The van der Waals surface area contributed by atoms with Crippen molar-refractivity contribution in [2.45, 2.75) is 32.1 Å². The molecule has 1 aromatic rings. The van der Waals surface area contributed by atoms with Crippen LogP contribution in [-0.4, -0.2) is 49.4 Å². The molecule has 6 nitrogen and oxygen atoms in total. The minimum Gasteiger partial charge on any atom is -0.495 e. The first kappa shape index (κ1) is 19.5. The van der Waals surface area contributed by atoms with Crippen molar-refractivity contribution in [1.29, 1.82) is 0 Å². The molecule has 2 unspecified atom stereocenters. The van der Waals surface area contributed by atoms with E-state index in [0.29, 0.717) is 21.6 Å². The van der Waals surface area contributed by atoms with Gasteiger partial charge in [0, 0.05) is 16.4 Å². The number of hydrogen-bond acceptors (Lipinski definition) is 5. The highest BCUT2D eigenvalue weighted by atomic mass is 35.5. The van der Waals surface area contributed by atoms with Gasteiger partial charge in [0.2, 0.25) is 0 Å². The molecule has 1 amide bonds. The average Bonchev–Trinajstić information content (AvgIpc) is 2.97. The van der Waals surface area contributed by atoms with Gasteiger partial charge in [0.1, 0.15) is 5.75 Å². The highest BCUT2D eigenvalue weighted by molar-refractivity contribution is 8.16. The number of thioether (sulfide) groups is 1. The van der Waals surface area contributed by atoms with Gasteiger partial charge in [-0.25, -0.2) is 8.42 Å². The highest BCUT2D eigenvalue weighted by Gasteiger charge is 2.49. The van der Waals surface area contributed by atoms with Gasteiger partial charge in [0.15, 0.2) is 15.0 Å². The Balaban J connectivity index is 2.04. The summed E-state index contributed by atoms with van der Waals surface area (Å²) in [5, 5.41) is 0.796. The molecule has 0 bridgehead atoms. The molecule has 0 aromatic heterocycles. The molecular weight excluding hydrogens is 396 g/mol. The lowest BCUT2D eigenvalue weighted by Gasteiger charge is -2.25. The van der Waals surface area contributed by atoms with Crippen LogP contribution in [0.25, 0.3) is 0 Å². The monoisotopic (exact) mass is 416 g/mol. The number of nitrogens with zero attached hydrogens (tertiary/aromatic N) is 2. The van der Waals surface area contributed by atoms with Gasteiger partial charge in [-0.15, -0.1) is 0 Å². The van der Waals surface area contributed by atoms with Crippen LogP contribution in [0.5, 0.6) is 5.75 Å². The van der Waals surface area contributed by atoms with Crippen molar-refractivity contribution in [2.75, 3.05) is 23.5 Å². The number of sulfone groups is 1. The molecule has 3 rings (SSSR count). The molecule has 9 heteroatoms. The molecule has 2 heterocycles. The van der Waals surface area contributed by atoms with E-state index in [1.807, 2.05) is 4.90 Å². The maximum absolute atomic E-state index is 12.4. The summed E-state index contributed by atoms with van der Waals surface area (Å²) in [5.41, 5.74) is 0.0916. The van der Waals surface area contributed by atoms with Crippen LogP contribution >= 0.6 is 23.4 Å². The number of carbonyl (C=O) groups excluding carboxylic acids is 1. The number of ether oxygens (including phenoxy) is 1. The normalized spacial score (nSPS) is 26.2. The Morgan fingerprint density at radius 3 is 2.62 bits per heavy atom. The summed E-state index contributed by atoms with van der Waals surface area (Å²) in [7, 11) is -1.58. The van der Waals surface area contributed by atoms with E-state index in [4.69, 9.17) is 16.3 Å². The molecule has 2 fully saturated rings. The van der Waals surface area contributed by atoms with Gasteiger partial charge in [-0.3, -0.25) is 4.79 Å². The SMILES string of the molecule is COc1ccc(N2C(=NC(=O)C(C)(C)C)SC3CS(=O)(=O)CC32)cc1Cl. The molecule has 26 heavy (non-hydrogen) atoms. The number of rotatable bonds is 2. The maximum atomic E-state index is 12.4. The molecule has 2 atom stereocenters. The Labute approximate surface area is 162 Å². The fourth-order valence-corrected chi connectivity index (χ4v) is 7.09. The number of amidine groups is 1. The van der Waals surface area contributed by atoms with Crippen molar-refractivity contribution in [2.24, 2.45) is 10.4 Å². The summed E-state index contributed by atoms with van der Waals surface area (Å²) in [6.45, 7) is 5.41. The summed E-state index contributed by atoms with van der Waals surface area (Å²) in [4.78, 5) is 18.6. The molecule has 142 valence electrons. The Kier molecular flexibility index (Phi) is 5.05. The van der Waals surface area contributed by atoms with Gasteiger partial charge >= 0.3 is 0 Å². The maximum Gasteiger partial charge on any atom is 0.253 e.